The van der Waals surface area contributed by atoms with Gasteiger partial charge in [-0.3, -0.25) is 0 Å². The number of unbranched alkanes of at least 4 members (excludes halogenated alkanes) is 2. The molecule has 2 heteroatoms. The quantitative estimate of drug-likeness (QED) is 0.518. The van der Waals surface area contributed by atoms with Crippen LogP contribution in [0.1, 0.15) is 75.3 Å². The van der Waals surface area contributed by atoms with Crippen LogP contribution in [0.25, 0.3) is 0 Å². The van der Waals surface area contributed by atoms with Crippen LogP contribution in [0.5, 0.6) is 5.75 Å². The highest BCUT2D eigenvalue weighted by Crippen LogP contribution is 2.38. The average molecular weight is 287 g/mol. The van der Waals surface area contributed by atoms with Gasteiger partial charge in [0.15, 0.2) is 0 Å². The van der Waals surface area contributed by atoms with Gasteiger partial charge >= 0.3 is 0 Å². The van der Waals surface area contributed by atoms with Crippen molar-refractivity contribution in [3.8, 4) is 5.75 Å². The molecule has 1 aliphatic rings. The van der Waals surface area contributed by atoms with E-state index in [4.69, 9.17) is 10.1 Å². The van der Waals surface area contributed by atoms with Crippen molar-refractivity contribution in [1.29, 1.82) is 5.41 Å². The number of nitrogens with one attached hydrogen (secondary N) is 1. The lowest BCUT2D eigenvalue weighted by Crippen LogP contribution is -2.13. The molecule has 1 saturated carbocycles. The van der Waals surface area contributed by atoms with E-state index in [2.05, 4.69) is 19.1 Å². The van der Waals surface area contributed by atoms with E-state index >= 15 is 0 Å². The molecule has 0 amide bonds. The topological polar surface area (TPSA) is 33.1 Å². The fourth-order valence-corrected chi connectivity index (χ4v) is 3.59. The van der Waals surface area contributed by atoms with Crippen LogP contribution in [-0.4, -0.2) is 13.3 Å². The minimum Gasteiger partial charge on any atom is -0.496 e. The smallest absolute Gasteiger partial charge is 0.127 e. The van der Waals surface area contributed by atoms with Crippen LogP contribution in [-0.2, 0) is 0 Å². The van der Waals surface area contributed by atoms with Crippen LogP contribution in [0.2, 0.25) is 0 Å². The summed E-state index contributed by atoms with van der Waals surface area (Å²) in [6.07, 6.45) is 12.3. The summed E-state index contributed by atoms with van der Waals surface area (Å²) in [5.41, 5.74) is 2.29. The van der Waals surface area contributed by atoms with Crippen molar-refractivity contribution >= 4 is 6.21 Å². The molecule has 1 aromatic rings. The van der Waals surface area contributed by atoms with E-state index in [9.17, 15) is 0 Å². The van der Waals surface area contributed by atoms with Crippen molar-refractivity contribution in [1.82, 2.24) is 0 Å². The second kappa shape index (κ2) is 8.21. The first-order chi connectivity index (χ1) is 10.3. The van der Waals surface area contributed by atoms with Gasteiger partial charge in [-0.2, -0.15) is 0 Å². The molecule has 0 spiro atoms. The van der Waals surface area contributed by atoms with Gasteiger partial charge in [0.05, 0.1) is 7.11 Å². The molecule has 2 rings (SSSR count). The first-order valence-corrected chi connectivity index (χ1v) is 8.46. The van der Waals surface area contributed by atoms with Gasteiger partial charge in [0.25, 0.3) is 0 Å². The minimum absolute atomic E-state index is 0.678. The highest BCUT2D eigenvalue weighted by atomic mass is 16.5. The zero-order valence-corrected chi connectivity index (χ0v) is 13.5. The molecule has 0 aliphatic heterocycles. The highest BCUT2D eigenvalue weighted by molar-refractivity contribution is 5.81. The normalized spacial score (nSPS) is 22.0. The molecule has 116 valence electrons. The Morgan fingerprint density at radius 2 is 1.95 bits per heavy atom. The zero-order valence-electron chi connectivity index (χ0n) is 13.5. The van der Waals surface area contributed by atoms with Crippen molar-refractivity contribution < 1.29 is 4.74 Å². The summed E-state index contributed by atoms with van der Waals surface area (Å²) >= 11 is 0. The monoisotopic (exact) mass is 287 g/mol. The largest absolute Gasteiger partial charge is 0.496 e. The fraction of sp³-hybridized carbons (Fsp3) is 0.632. The van der Waals surface area contributed by atoms with Crippen molar-refractivity contribution in [3.63, 3.8) is 0 Å². The zero-order chi connectivity index (χ0) is 15.1. The molecule has 0 atom stereocenters. The first-order valence-electron chi connectivity index (χ1n) is 8.46. The molecule has 0 aromatic heterocycles. The number of hydrogen-bond acceptors (Lipinski definition) is 2. The van der Waals surface area contributed by atoms with Crippen molar-refractivity contribution in [2.75, 3.05) is 7.11 Å². The number of hydrogen-bond donors (Lipinski definition) is 1. The third kappa shape index (κ3) is 4.33. The SMILES string of the molecule is CCCCCC1CCC(c2ccc(OC)c(C=N)c2)CC1. The molecule has 0 radical (unpaired) electrons. The molecule has 1 aliphatic carbocycles. The van der Waals surface area contributed by atoms with Gasteiger partial charge in [-0.1, -0.05) is 38.7 Å². The summed E-state index contributed by atoms with van der Waals surface area (Å²) in [4.78, 5) is 0. The molecule has 0 heterocycles. The Balaban J connectivity index is 1.91. The van der Waals surface area contributed by atoms with Crippen LogP contribution < -0.4 is 4.74 Å². The maximum atomic E-state index is 7.52. The lowest BCUT2D eigenvalue weighted by Gasteiger charge is -2.29. The Bertz CT molecular complexity index is 447. The maximum Gasteiger partial charge on any atom is 0.127 e. The van der Waals surface area contributed by atoms with Crippen molar-refractivity contribution in [3.05, 3.63) is 29.3 Å². The van der Waals surface area contributed by atoms with Crippen LogP contribution in [0.4, 0.5) is 0 Å². The molecule has 1 N–H and O–H groups in total. The fourth-order valence-electron chi connectivity index (χ4n) is 3.59. The van der Waals surface area contributed by atoms with Crippen molar-refractivity contribution in [2.45, 2.75) is 64.2 Å². The number of methoxy groups -OCH3 is 1. The van der Waals surface area contributed by atoms with E-state index in [0.29, 0.717) is 5.92 Å². The summed E-state index contributed by atoms with van der Waals surface area (Å²) in [6.45, 7) is 2.28. The van der Waals surface area contributed by atoms with E-state index in [1.807, 2.05) is 6.07 Å². The van der Waals surface area contributed by atoms with Crippen LogP contribution in [0.3, 0.4) is 0 Å². The third-order valence-corrected chi connectivity index (χ3v) is 4.94. The molecular weight excluding hydrogens is 258 g/mol. The lowest BCUT2D eigenvalue weighted by molar-refractivity contribution is 0.302. The Kier molecular flexibility index (Phi) is 6.28. The predicted octanol–water partition coefficient (Wildman–Crippen LogP) is 5.55. The Labute approximate surface area is 129 Å². The molecule has 1 fully saturated rings. The summed E-state index contributed by atoms with van der Waals surface area (Å²) in [5, 5.41) is 7.52. The number of rotatable bonds is 7. The van der Waals surface area contributed by atoms with Gasteiger partial charge in [0, 0.05) is 11.8 Å². The van der Waals surface area contributed by atoms with Gasteiger partial charge in [-0.25, -0.2) is 0 Å². The Morgan fingerprint density at radius 1 is 1.19 bits per heavy atom. The molecule has 21 heavy (non-hydrogen) atoms. The van der Waals surface area contributed by atoms with Gasteiger partial charge in [0.2, 0.25) is 0 Å². The third-order valence-electron chi connectivity index (χ3n) is 4.94. The van der Waals surface area contributed by atoms with E-state index in [-0.39, 0.29) is 0 Å². The van der Waals surface area contributed by atoms with Crippen molar-refractivity contribution in [2.24, 2.45) is 5.92 Å². The molecule has 0 saturated heterocycles. The number of ether oxygens (including phenoxy) is 1. The van der Waals surface area contributed by atoms with E-state index in [1.165, 1.54) is 63.1 Å². The summed E-state index contributed by atoms with van der Waals surface area (Å²) in [7, 11) is 1.67. The predicted molar refractivity (Wildman–Crippen MR) is 89.7 cm³/mol. The van der Waals surface area contributed by atoms with Gasteiger partial charge in [-0.05, 0) is 55.2 Å². The molecule has 0 unspecified atom stereocenters. The Morgan fingerprint density at radius 3 is 2.57 bits per heavy atom. The summed E-state index contributed by atoms with van der Waals surface area (Å²) in [5.74, 6) is 2.44. The second-order valence-electron chi connectivity index (χ2n) is 6.36. The highest BCUT2D eigenvalue weighted by Gasteiger charge is 2.22. The summed E-state index contributed by atoms with van der Waals surface area (Å²) < 4.78 is 5.30. The van der Waals surface area contributed by atoms with Crippen LogP contribution >= 0.6 is 0 Å². The molecule has 0 bridgehead atoms. The summed E-state index contributed by atoms with van der Waals surface area (Å²) in [6, 6.07) is 6.35. The van der Waals surface area contributed by atoms with Gasteiger partial charge in [-0.15, -0.1) is 0 Å². The molecular formula is C19H29NO. The van der Waals surface area contributed by atoms with Gasteiger partial charge in [0.1, 0.15) is 5.75 Å². The molecule has 1 aromatic carbocycles. The van der Waals surface area contributed by atoms with E-state index in [0.717, 1.165) is 17.2 Å². The Hall–Kier alpha value is -1.31. The van der Waals surface area contributed by atoms with E-state index in [1.54, 1.807) is 7.11 Å². The minimum atomic E-state index is 0.678. The van der Waals surface area contributed by atoms with Crippen LogP contribution in [0.15, 0.2) is 18.2 Å². The second-order valence-corrected chi connectivity index (χ2v) is 6.36. The standard InChI is InChI=1S/C19H29NO/c1-3-4-5-6-15-7-9-16(10-8-15)17-11-12-19(21-2)18(13-17)14-20/h11-16,20H,3-10H2,1-2H3. The number of benzene rings is 1. The lowest BCUT2D eigenvalue weighted by atomic mass is 9.77. The average Bonchev–Trinajstić information content (AvgIpc) is 2.55. The molecule has 2 nitrogen and oxygen atoms in total. The van der Waals surface area contributed by atoms with Crippen LogP contribution in [0, 0.1) is 11.3 Å². The maximum absolute atomic E-state index is 7.52. The first kappa shape index (κ1) is 16.1. The van der Waals surface area contributed by atoms with Gasteiger partial charge < -0.3 is 10.1 Å². The van der Waals surface area contributed by atoms with E-state index < -0.39 is 0 Å².